The molecule has 3 aromatic rings. The summed E-state index contributed by atoms with van der Waals surface area (Å²) < 4.78 is 27.6. The molecule has 3 rings (SSSR count). The molecule has 2 aromatic carbocycles. The van der Waals surface area contributed by atoms with E-state index < -0.39 is 23.2 Å². The van der Waals surface area contributed by atoms with E-state index in [-0.39, 0.29) is 16.8 Å². The molecule has 5 nitrogen and oxygen atoms in total. The molecule has 7 heteroatoms. The Balaban J connectivity index is 1.96. The van der Waals surface area contributed by atoms with Crippen molar-refractivity contribution >= 4 is 22.5 Å². The molecule has 0 saturated carbocycles. The predicted octanol–water partition coefficient (Wildman–Crippen LogP) is 4.03. The van der Waals surface area contributed by atoms with Gasteiger partial charge in [-0.2, -0.15) is 0 Å². The average molecular weight is 357 g/mol. The van der Waals surface area contributed by atoms with E-state index in [0.717, 1.165) is 6.07 Å². The number of aromatic nitrogens is 1. The second-order valence-corrected chi connectivity index (χ2v) is 5.94. The van der Waals surface area contributed by atoms with Crippen molar-refractivity contribution in [2.45, 2.75) is 13.0 Å². The van der Waals surface area contributed by atoms with Crippen LogP contribution in [0.4, 0.5) is 19.3 Å². The molecule has 1 atom stereocenters. The molecule has 26 heavy (non-hydrogen) atoms. The number of nitrogens with one attached hydrogen (secondary N) is 2. The molecule has 134 valence electrons. The lowest BCUT2D eigenvalue weighted by Gasteiger charge is -2.26. The number of para-hydroxylation sites is 1. The molecule has 0 bridgehead atoms. The number of pyridine rings is 1. The first-order chi connectivity index (χ1) is 12.4. The minimum Gasteiger partial charge on any atom is -0.328 e. The van der Waals surface area contributed by atoms with Gasteiger partial charge in [-0.25, -0.2) is 13.6 Å². The number of halogens is 2. The number of carbonyl (C=O) groups is 1. The zero-order valence-corrected chi connectivity index (χ0v) is 14.2. The van der Waals surface area contributed by atoms with E-state index in [1.165, 1.54) is 17.2 Å². The summed E-state index contributed by atoms with van der Waals surface area (Å²) in [5, 5.41) is 2.66. The van der Waals surface area contributed by atoms with E-state index >= 15 is 0 Å². The second-order valence-electron chi connectivity index (χ2n) is 5.94. The number of fused-ring (bicyclic) bond motifs is 1. The standard InChI is InChI=1S/C19H17F2N3O2/c1-11(24(2)19(26)23-12-6-4-3-5-7-12)14-10-22-18(25)16-13(14)8-9-15(20)17(16)21/h3-11H,1-2H3,(H,22,25)(H,23,26)/t11-/m1/s1. The number of amides is 2. The summed E-state index contributed by atoms with van der Waals surface area (Å²) in [7, 11) is 1.58. The maximum absolute atomic E-state index is 14.1. The number of nitrogens with zero attached hydrogens (tertiary/aromatic N) is 1. The van der Waals surface area contributed by atoms with E-state index in [1.54, 1.807) is 38.2 Å². The number of anilines is 1. The summed E-state index contributed by atoms with van der Waals surface area (Å²) in [5.74, 6) is -2.29. The summed E-state index contributed by atoms with van der Waals surface area (Å²) in [6.45, 7) is 1.74. The molecule has 0 unspecified atom stereocenters. The van der Waals surface area contributed by atoms with Crippen LogP contribution >= 0.6 is 0 Å². The van der Waals surface area contributed by atoms with Gasteiger partial charge in [-0.05, 0) is 36.1 Å². The van der Waals surface area contributed by atoms with E-state index in [9.17, 15) is 18.4 Å². The van der Waals surface area contributed by atoms with Crippen LogP contribution in [0, 0.1) is 11.6 Å². The fourth-order valence-corrected chi connectivity index (χ4v) is 2.77. The lowest BCUT2D eigenvalue weighted by atomic mass is 10.0. The highest BCUT2D eigenvalue weighted by molar-refractivity contribution is 5.90. The molecule has 0 aliphatic carbocycles. The molecule has 1 aromatic heterocycles. The van der Waals surface area contributed by atoms with Gasteiger partial charge in [0.2, 0.25) is 0 Å². The molecule has 2 N–H and O–H groups in total. The Bertz CT molecular complexity index is 1020. The highest BCUT2D eigenvalue weighted by Crippen LogP contribution is 2.27. The van der Waals surface area contributed by atoms with Gasteiger partial charge in [0, 0.05) is 18.9 Å². The Morgan fingerprint density at radius 3 is 2.54 bits per heavy atom. The zero-order valence-electron chi connectivity index (χ0n) is 14.2. The van der Waals surface area contributed by atoms with E-state index in [2.05, 4.69) is 10.3 Å². The molecule has 0 aliphatic heterocycles. The Hall–Kier alpha value is -3.22. The minimum absolute atomic E-state index is 0.263. The molecular formula is C19H17F2N3O2. The van der Waals surface area contributed by atoms with Crippen LogP contribution in [0.15, 0.2) is 53.5 Å². The molecule has 0 spiro atoms. The third-order valence-corrected chi connectivity index (χ3v) is 4.37. The number of benzene rings is 2. The van der Waals surface area contributed by atoms with Crippen molar-refractivity contribution in [1.29, 1.82) is 0 Å². The van der Waals surface area contributed by atoms with Crippen LogP contribution in [0.3, 0.4) is 0 Å². The molecule has 0 aliphatic rings. The van der Waals surface area contributed by atoms with E-state index in [0.29, 0.717) is 11.3 Å². The van der Waals surface area contributed by atoms with Gasteiger partial charge >= 0.3 is 6.03 Å². The minimum atomic E-state index is -1.20. The topological polar surface area (TPSA) is 65.2 Å². The normalized spacial score (nSPS) is 12.0. The van der Waals surface area contributed by atoms with E-state index in [1.807, 2.05) is 6.07 Å². The largest absolute Gasteiger partial charge is 0.328 e. The van der Waals surface area contributed by atoms with Gasteiger partial charge in [-0.1, -0.05) is 24.3 Å². The maximum Gasteiger partial charge on any atom is 0.322 e. The van der Waals surface area contributed by atoms with Crippen molar-refractivity contribution in [3.8, 4) is 0 Å². The van der Waals surface area contributed by atoms with Gasteiger partial charge in [0.25, 0.3) is 5.56 Å². The maximum atomic E-state index is 14.1. The number of hydrogen-bond donors (Lipinski definition) is 2. The number of carbonyl (C=O) groups excluding carboxylic acids is 1. The van der Waals surface area contributed by atoms with Crippen molar-refractivity contribution in [1.82, 2.24) is 9.88 Å². The number of aromatic amines is 1. The van der Waals surface area contributed by atoms with E-state index in [4.69, 9.17) is 0 Å². The van der Waals surface area contributed by atoms with Crippen molar-refractivity contribution in [3.05, 3.63) is 76.2 Å². The zero-order chi connectivity index (χ0) is 18.8. The SMILES string of the molecule is C[C@H](c1c[nH]c(=O)c2c(F)c(F)ccc12)N(C)C(=O)Nc1ccccc1. The van der Waals surface area contributed by atoms with Gasteiger partial charge in [0.15, 0.2) is 11.6 Å². The predicted molar refractivity (Wildman–Crippen MR) is 96.1 cm³/mol. The van der Waals surface area contributed by atoms with Gasteiger partial charge in [-0.15, -0.1) is 0 Å². The Morgan fingerprint density at radius 1 is 1.15 bits per heavy atom. The quantitative estimate of drug-likeness (QED) is 0.743. The van der Waals surface area contributed by atoms with Crippen molar-refractivity contribution in [2.75, 3.05) is 12.4 Å². The van der Waals surface area contributed by atoms with Crippen molar-refractivity contribution < 1.29 is 13.6 Å². The molecular weight excluding hydrogens is 340 g/mol. The first kappa shape index (κ1) is 17.6. The van der Waals surface area contributed by atoms with Crippen LogP contribution in [0.5, 0.6) is 0 Å². The Kier molecular flexibility index (Phi) is 4.71. The monoisotopic (exact) mass is 357 g/mol. The fraction of sp³-hybridized carbons (Fsp3) is 0.158. The first-order valence-electron chi connectivity index (χ1n) is 7.98. The van der Waals surface area contributed by atoms with Gasteiger partial charge in [-0.3, -0.25) is 4.79 Å². The third-order valence-electron chi connectivity index (χ3n) is 4.37. The van der Waals surface area contributed by atoms with Gasteiger partial charge in [0.05, 0.1) is 11.4 Å². The molecule has 0 saturated heterocycles. The lowest BCUT2D eigenvalue weighted by molar-refractivity contribution is 0.208. The highest BCUT2D eigenvalue weighted by Gasteiger charge is 2.22. The van der Waals surface area contributed by atoms with Crippen LogP contribution in [-0.2, 0) is 0 Å². The Labute approximate surface area is 148 Å². The lowest BCUT2D eigenvalue weighted by Crippen LogP contribution is -2.34. The fourth-order valence-electron chi connectivity index (χ4n) is 2.77. The summed E-state index contributed by atoms with van der Waals surface area (Å²) in [6, 6.07) is 10.4. The van der Waals surface area contributed by atoms with Crippen molar-refractivity contribution in [2.24, 2.45) is 0 Å². The van der Waals surface area contributed by atoms with Crippen LogP contribution in [0.25, 0.3) is 10.8 Å². The second kappa shape index (κ2) is 6.95. The average Bonchev–Trinajstić information content (AvgIpc) is 2.64. The Morgan fingerprint density at radius 2 is 1.85 bits per heavy atom. The third kappa shape index (κ3) is 3.15. The summed E-state index contributed by atoms with van der Waals surface area (Å²) in [4.78, 5) is 28.2. The summed E-state index contributed by atoms with van der Waals surface area (Å²) in [5.41, 5.74) is 0.421. The van der Waals surface area contributed by atoms with Crippen LogP contribution in [0.2, 0.25) is 0 Å². The molecule has 2 amide bonds. The van der Waals surface area contributed by atoms with Crippen LogP contribution in [0.1, 0.15) is 18.5 Å². The van der Waals surface area contributed by atoms with Gasteiger partial charge < -0.3 is 15.2 Å². The van der Waals surface area contributed by atoms with Crippen molar-refractivity contribution in [3.63, 3.8) is 0 Å². The highest BCUT2D eigenvalue weighted by atomic mass is 19.2. The first-order valence-corrected chi connectivity index (χ1v) is 7.98. The smallest absolute Gasteiger partial charge is 0.322 e. The van der Waals surface area contributed by atoms with Crippen LogP contribution < -0.4 is 10.9 Å². The number of hydrogen-bond acceptors (Lipinski definition) is 2. The molecule has 1 heterocycles. The van der Waals surface area contributed by atoms with Crippen LogP contribution in [-0.4, -0.2) is 23.0 Å². The molecule has 0 radical (unpaired) electrons. The number of urea groups is 1. The van der Waals surface area contributed by atoms with Gasteiger partial charge in [0.1, 0.15) is 0 Å². The molecule has 0 fully saturated rings. The summed E-state index contributed by atoms with van der Waals surface area (Å²) in [6.07, 6.45) is 1.42. The number of rotatable bonds is 3. The number of H-pyrrole nitrogens is 1. The summed E-state index contributed by atoms with van der Waals surface area (Å²) >= 11 is 0.